The number of hydrogen-bond donors (Lipinski definition) is 0. The Morgan fingerprint density at radius 1 is 2.00 bits per heavy atom. The highest BCUT2D eigenvalue weighted by Gasteiger charge is 1.78. The molecule has 0 fully saturated rings. The lowest BCUT2D eigenvalue weighted by atomic mass is 10.2. The predicted octanol–water partition coefficient (Wildman–Crippen LogP) is -0.0713. The molecule has 0 aliphatic carbocycles. The first-order valence-corrected chi connectivity index (χ1v) is 1.34. The van der Waals surface area contributed by atoms with E-state index in [0.717, 1.165) is 0 Å². The van der Waals surface area contributed by atoms with Gasteiger partial charge in [0.1, 0.15) is 0 Å². The quantitative estimate of drug-likeness (QED) is 0.310. The first kappa shape index (κ1) is 4.95. The van der Waals surface area contributed by atoms with E-state index in [2.05, 4.69) is 0 Å². The van der Waals surface area contributed by atoms with Gasteiger partial charge in [-0.1, -0.05) is 0 Å². The summed E-state index contributed by atoms with van der Waals surface area (Å²) in [5.41, 5.74) is 0. The maximum atomic E-state index is 11.1. The van der Waals surface area contributed by atoms with Gasteiger partial charge in [0.15, 0.2) is 0 Å². The molecule has 5 heavy (non-hydrogen) atoms. The van der Waals surface area contributed by atoms with E-state index in [-0.39, 0.29) is 6.44 Å². The van der Waals surface area contributed by atoms with Gasteiger partial charge in [0.2, 0.25) is 0 Å². The summed E-state index contributed by atoms with van der Waals surface area (Å²) in [6, 6.07) is 0. The maximum Gasteiger partial charge on any atom is 0.0900 e. The molecule has 0 aliphatic heterocycles. The molecule has 0 aromatic heterocycles. The predicted molar refractivity (Wildman–Crippen MR) is 19.5 cm³/mol. The minimum Gasteiger partial charge on any atom is -0.158 e. The van der Waals surface area contributed by atoms with Crippen LogP contribution in [0.15, 0.2) is 0 Å². The van der Waals surface area contributed by atoms with E-state index in [0.29, 0.717) is 5.12 Å². The molecule has 0 amide bonds. The van der Waals surface area contributed by atoms with Gasteiger partial charge in [0.05, 0.1) is 7.85 Å². The Bertz CT molecular complexity index is 23.6. The standard InChI is InChI=1S/C2H5BFN/c1-5(4)2-3/h2H2,1H3. The van der Waals surface area contributed by atoms with Crippen LogP contribution in [0.4, 0.5) is 4.48 Å². The molecule has 0 atom stereocenters. The summed E-state index contributed by atoms with van der Waals surface area (Å²) in [5.74, 6) is 0. The molecule has 0 spiro atoms. The molecule has 0 aromatic carbocycles. The van der Waals surface area contributed by atoms with Gasteiger partial charge in [-0.2, -0.15) is 5.12 Å². The molecule has 0 saturated heterocycles. The molecule has 0 rings (SSSR count). The highest BCUT2D eigenvalue weighted by Crippen LogP contribution is 1.70. The number of nitrogens with zero attached hydrogens (tertiary/aromatic N) is 1. The smallest absolute Gasteiger partial charge is 0.0900 e. The summed E-state index contributed by atoms with van der Waals surface area (Å²) in [6.45, 7) is 0. The highest BCUT2D eigenvalue weighted by molar-refractivity contribution is 6.08. The van der Waals surface area contributed by atoms with Gasteiger partial charge in [-0.15, -0.1) is 4.48 Å². The van der Waals surface area contributed by atoms with Crippen LogP contribution in [-0.2, 0) is 0 Å². The van der Waals surface area contributed by atoms with E-state index in [1.54, 1.807) is 0 Å². The minimum absolute atomic E-state index is 0.0278. The van der Waals surface area contributed by atoms with Crippen molar-refractivity contribution in [1.82, 2.24) is 5.12 Å². The topological polar surface area (TPSA) is 3.24 Å². The van der Waals surface area contributed by atoms with Crippen molar-refractivity contribution < 1.29 is 4.48 Å². The molecule has 0 heterocycles. The molecule has 1 nitrogen and oxygen atoms in total. The van der Waals surface area contributed by atoms with Gasteiger partial charge >= 0.3 is 0 Å². The van der Waals surface area contributed by atoms with Crippen molar-refractivity contribution in [2.45, 2.75) is 0 Å². The summed E-state index contributed by atoms with van der Waals surface area (Å²) >= 11 is 0. The third-order valence-electron chi connectivity index (χ3n) is 0.252. The zero-order valence-corrected chi connectivity index (χ0v) is 3.11. The Labute approximate surface area is 32.1 Å². The van der Waals surface area contributed by atoms with E-state index >= 15 is 0 Å². The summed E-state index contributed by atoms with van der Waals surface area (Å²) in [4.78, 5) is 0. The van der Waals surface area contributed by atoms with Crippen molar-refractivity contribution in [1.29, 1.82) is 0 Å². The molecule has 0 aromatic rings. The van der Waals surface area contributed by atoms with Crippen molar-refractivity contribution in [3.63, 3.8) is 0 Å². The number of halogens is 1. The average molecular weight is 72.9 g/mol. The van der Waals surface area contributed by atoms with Gasteiger partial charge < -0.3 is 0 Å². The van der Waals surface area contributed by atoms with Crippen LogP contribution >= 0.6 is 0 Å². The first-order valence-electron chi connectivity index (χ1n) is 1.34. The van der Waals surface area contributed by atoms with Crippen LogP contribution in [-0.4, -0.2) is 26.5 Å². The van der Waals surface area contributed by atoms with Crippen molar-refractivity contribution in [3.05, 3.63) is 0 Å². The molecule has 2 radical (unpaired) electrons. The van der Waals surface area contributed by atoms with Gasteiger partial charge in [0, 0.05) is 7.05 Å². The lowest BCUT2D eigenvalue weighted by Crippen LogP contribution is -2.06. The second kappa shape index (κ2) is 2.21. The average Bonchev–Trinajstić information content (AvgIpc) is 1.38. The van der Waals surface area contributed by atoms with E-state index < -0.39 is 0 Å². The molecule has 28 valence electrons. The van der Waals surface area contributed by atoms with Crippen molar-refractivity contribution in [2.75, 3.05) is 13.5 Å². The van der Waals surface area contributed by atoms with Gasteiger partial charge in [-0.25, -0.2) is 0 Å². The molecule has 0 bridgehead atoms. The van der Waals surface area contributed by atoms with Gasteiger partial charge in [-0.3, -0.25) is 0 Å². The summed E-state index contributed by atoms with van der Waals surface area (Å²) in [6.07, 6.45) is -0.0278. The Morgan fingerprint density at radius 2 is 2.20 bits per heavy atom. The Balaban J connectivity index is 2.54. The highest BCUT2D eigenvalue weighted by atomic mass is 19.2. The number of hydrogen-bond acceptors (Lipinski definition) is 1. The summed E-state index contributed by atoms with van der Waals surface area (Å²) in [7, 11) is 5.99. The fourth-order valence-corrected chi connectivity index (χ4v) is 0. The van der Waals surface area contributed by atoms with E-state index in [1.165, 1.54) is 7.05 Å². The van der Waals surface area contributed by atoms with Crippen LogP contribution in [0.25, 0.3) is 0 Å². The van der Waals surface area contributed by atoms with Crippen LogP contribution in [0.3, 0.4) is 0 Å². The Hall–Kier alpha value is -0.0451. The van der Waals surface area contributed by atoms with Crippen LogP contribution in [0.1, 0.15) is 0 Å². The zero-order chi connectivity index (χ0) is 4.28. The molecule has 0 aliphatic rings. The van der Waals surface area contributed by atoms with Crippen LogP contribution in [0, 0.1) is 0 Å². The van der Waals surface area contributed by atoms with E-state index in [9.17, 15) is 4.48 Å². The molecule has 3 heteroatoms. The van der Waals surface area contributed by atoms with Gasteiger partial charge in [0.25, 0.3) is 0 Å². The maximum absolute atomic E-state index is 11.1. The second-order valence-corrected chi connectivity index (χ2v) is 0.787. The second-order valence-electron chi connectivity index (χ2n) is 0.787. The largest absolute Gasteiger partial charge is 0.158 e. The van der Waals surface area contributed by atoms with Crippen molar-refractivity contribution in [2.24, 2.45) is 0 Å². The van der Waals surface area contributed by atoms with Crippen molar-refractivity contribution in [3.8, 4) is 0 Å². The zero-order valence-electron chi connectivity index (χ0n) is 3.11. The van der Waals surface area contributed by atoms with Crippen LogP contribution < -0.4 is 0 Å². The third kappa shape index (κ3) is 3.95. The third-order valence-corrected chi connectivity index (χ3v) is 0.252. The monoisotopic (exact) mass is 73.0 g/mol. The Morgan fingerprint density at radius 3 is 2.20 bits per heavy atom. The first-order chi connectivity index (χ1) is 2.27. The summed E-state index contributed by atoms with van der Waals surface area (Å²) < 4.78 is 11.1. The molecular formula is C2H5BFN. The lowest BCUT2D eigenvalue weighted by molar-refractivity contribution is 0.0859. The fourth-order valence-electron chi connectivity index (χ4n) is 0. The molecule has 0 saturated carbocycles. The number of rotatable bonds is 1. The SMILES string of the molecule is [B]CN(C)F. The van der Waals surface area contributed by atoms with Crippen molar-refractivity contribution >= 4 is 7.85 Å². The molecule has 0 unspecified atom stereocenters. The van der Waals surface area contributed by atoms with E-state index in [4.69, 9.17) is 7.85 Å². The lowest BCUT2D eigenvalue weighted by Gasteiger charge is -1.93. The molecule has 0 N–H and O–H groups in total. The normalized spacial score (nSPS) is 9.40. The van der Waals surface area contributed by atoms with Crippen LogP contribution in [0.2, 0.25) is 0 Å². The minimum atomic E-state index is -0.0278. The van der Waals surface area contributed by atoms with Gasteiger partial charge in [-0.05, 0) is 6.44 Å². The Kier molecular flexibility index (Phi) is 2.19. The summed E-state index contributed by atoms with van der Waals surface area (Å²) in [5, 5.41) is 0.403. The van der Waals surface area contributed by atoms with Crippen LogP contribution in [0.5, 0.6) is 0 Å². The van der Waals surface area contributed by atoms with E-state index in [1.807, 2.05) is 0 Å². The molecular weight excluding hydrogens is 67.8 g/mol. The fraction of sp³-hybridized carbons (Fsp3) is 1.00.